The number of rotatable bonds is 7. The van der Waals surface area contributed by atoms with Crippen LogP contribution in [0.2, 0.25) is 0 Å². The molecule has 0 spiro atoms. The SMILES string of the molecule is CCC(CNC(=O)C(C)Oc1cccc(C)c1)C(=O)O. The van der Waals surface area contributed by atoms with Crippen molar-refractivity contribution in [1.82, 2.24) is 5.32 Å². The first kappa shape index (κ1) is 16.0. The first-order chi connectivity index (χ1) is 9.43. The summed E-state index contributed by atoms with van der Waals surface area (Å²) < 4.78 is 5.52. The molecule has 2 atom stereocenters. The number of amides is 1. The first-order valence-corrected chi connectivity index (χ1v) is 6.67. The standard InChI is InChI=1S/C15H21NO4/c1-4-12(15(18)19)9-16-14(17)11(3)20-13-7-5-6-10(2)8-13/h5-8,11-12H,4,9H2,1-3H3,(H,16,17)(H,18,19). The van der Waals surface area contributed by atoms with Gasteiger partial charge in [0.1, 0.15) is 5.75 Å². The van der Waals surface area contributed by atoms with Gasteiger partial charge in [0.15, 0.2) is 6.10 Å². The highest BCUT2D eigenvalue weighted by atomic mass is 16.5. The molecule has 1 amide bonds. The second kappa shape index (κ2) is 7.53. The molecule has 1 aromatic carbocycles. The van der Waals surface area contributed by atoms with Gasteiger partial charge in [0.05, 0.1) is 5.92 Å². The van der Waals surface area contributed by atoms with Crippen LogP contribution in [0.15, 0.2) is 24.3 Å². The largest absolute Gasteiger partial charge is 0.481 e. The molecular weight excluding hydrogens is 258 g/mol. The maximum atomic E-state index is 11.8. The molecule has 0 aromatic heterocycles. The number of hydrogen-bond acceptors (Lipinski definition) is 3. The number of nitrogens with one attached hydrogen (secondary N) is 1. The van der Waals surface area contributed by atoms with E-state index in [9.17, 15) is 9.59 Å². The van der Waals surface area contributed by atoms with E-state index < -0.39 is 18.0 Å². The number of aryl methyl sites for hydroxylation is 1. The van der Waals surface area contributed by atoms with Crippen LogP contribution in [0.25, 0.3) is 0 Å². The van der Waals surface area contributed by atoms with Gasteiger partial charge in [0.2, 0.25) is 0 Å². The Morgan fingerprint density at radius 3 is 2.65 bits per heavy atom. The molecule has 20 heavy (non-hydrogen) atoms. The molecule has 5 heteroatoms. The molecule has 0 saturated carbocycles. The van der Waals surface area contributed by atoms with E-state index in [2.05, 4.69) is 5.32 Å². The van der Waals surface area contributed by atoms with Gasteiger partial charge in [-0.2, -0.15) is 0 Å². The number of aliphatic carboxylic acids is 1. The Kier molecular flexibility index (Phi) is 6.03. The number of hydrogen-bond donors (Lipinski definition) is 2. The van der Waals surface area contributed by atoms with E-state index in [4.69, 9.17) is 9.84 Å². The van der Waals surface area contributed by atoms with Crippen LogP contribution in [0.3, 0.4) is 0 Å². The minimum atomic E-state index is -0.903. The molecule has 1 rings (SSSR count). The van der Waals surface area contributed by atoms with Gasteiger partial charge >= 0.3 is 5.97 Å². The monoisotopic (exact) mass is 279 g/mol. The highest BCUT2D eigenvalue weighted by Crippen LogP contribution is 2.14. The highest BCUT2D eigenvalue weighted by molar-refractivity contribution is 5.81. The number of benzene rings is 1. The Balaban J connectivity index is 2.49. The van der Waals surface area contributed by atoms with Gasteiger partial charge in [-0.3, -0.25) is 9.59 Å². The van der Waals surface area contributed by atoms with Crippen molar-refractivity contribution in [1.29, 1.82) is 0 Å². The Labute approximate surface area is 118 Å². The minimum Gasteiger partial charge on any atom is -0.481 e. The molecule has 0 heterocycles. The number of ether oxygens (including phenoxy) is 1. The van der Waals surface area contributed by atoms with Gasteiger partial charge in [-0.1, -0.05) is 19.1 Å². The summed E-state index contributed by atoms with van der Waals surface area (Å²) in [6, 6.07) is 7.42. The average molecular weight is 279 g/mol. The molecule has 5 nitrogen and oxygen atoms in total. The summed E-state index contributed by atoms with van der Waals surface area (Å²) in [5.74, 6) is -1.16. The lowest BCUT2D eigenvalue weighted by Gasteiger charge is -2.16. The zero-order valence-electron chi connectivity index (χ0n) is 12.1. The van der Waals surface area contributed by atoms with Crippen molar-refractivity contribution in [2.45, 2.75) is 33.3 Å². The number of carboxylic acid groups (broad SMARTS) is 1. The lowest BCUT2D eigenvalue weighted by atomic mass is 10.1. The normalized spacial score (nSPS) is 13.3. The molecule has 2 unspecified atom stereocenters. The molecule has 0 aliphatic heterocycles. The lowest BCUT2D eigenvalue weighted by molar-refractivity contribution is -0.141. The zero-order valence-corrected chi connectivity index (χ0v) is 12.1. The predicted molar refractivity (Wildman–Crippen MR) is 75.7 cm³/mol. The predicted octanol–water partition coefficient (Wildman–Crippen LogP) is 1.99. The smallest absolute Gasteiger partial charge is 0.308 e. The molecule has 110 valence electrons. The summed E-state index contributed by atoms with van der Waals surface area (Å²) in [5, 5.41) is 11.5. The average Bonchev–Trinajstić information content (AvgIpc) is 2.38. The second-order valence-corrected chi connectivity index (χ2v) is 4.77. The molecule has 0 fully saturated rings. The van der Waals surface area contributed by atoms with E-state index in [-0.39, 0.29) is 12.5 Å². The molecule has 0 bridgehead atoms. The summed E-state index contributed by atoms with van der Waals surface area (Å²) >= 11 is 0. The van der Waals surface area contributed by atoms with Crippen molar-refractivity contribution >= 4 is 11.9 Å². The van der Waals surface area contributed by atoms with E-state index in [1.165, 1.54) is 0 Å². The third-order valence-corrected chi connectivity index (χ3v) is 3.04. The number of carboxylic acids is 1. The van der Waals surface area contributed by atoms with Crippen molar-refractivity contribution in [3.8, 4) is 5.75 Å². The van der Waals surface area contributed by atoms with Crippen LogP contribution in [-0.4, -0.2) is 29.6 Å². The van der Waals surface area contributed by atoms with E-state index in [1.54, 1.807) is 19.9 Å². The molecule has 0 aliphatic carbocycles. The van der Waals surface area contributed by atoms with E-state index >= 15 is 0 Å². The van der Waals surface area contributed by atoms with Crippen LogP contribution in [0, 0.1) is 12.8 Å². The maximum Gasteiger partial charge on any atom is 0.308 e. The molecule has 0 radical (unpaired) electrons. The van der Waals surface area contributed by atoms with Crippen LogP contribution in [-0.2, 0) is 9.59 Å². The molecule has 0 aliphatic rings. The highest BCUT2D eigenvalue weighted by Gasteiger charge is 2.19. The molecule has 1 aromatic rings. The summed E-state index contributed by atoms with van der Waals surface area (Å²) in [6.07, 6.45) is -0.189. The third-order valence-electron chi connectivity index (χ3n) is 3.04. The summed E-state index contributed by atoms with van der Waals surface area (Å²) in [6.45, 7) is 5.47. The van der Waals surface area contributed by atoms with Gasteiger partial charge in [0, 0.05) is 6.54 Å². The van der Waals surface area contributed by atoms with Crippen LogP contribution in [0.1, 0.15) is 25.8 Å². The summed E-state index contributed by atoms with van der Waals surface area (Å²) in [4.78, 5) is 22.7. The Morgan fingerprint density at radius 1 is 1.40 bits per heavy atom. The maximum absolute atomic E-state index is 11.8. The molecular formula is C15H21NO4. The third kappa shape index (κ3) is 4.91. The lowest BCUT2D eigenvalue weighted by Crippen LogP contribution is -2.40. The Bertz CT molecular complexity index is 473. The minimum absolute atomic E-state index is 0.117. The van der Waals surface area contributed by atoms with E-state index in [1.807, 2.05) is 25.1 Å². The van der Waals surface area contributed by atoms with Gasteiger partial charge in [-0.15, -0.1) is 0 Å². The Morgan fingerprint density at radius 2 is 2.10 bits per heavy atom. The summed E-state index contributed by atoms with van der Waals surface area (Å²) in [7, 11) is 0. The number of carbonyl (C=O) groups excluding carboxylic acids is 1. The topological polar surface area (TPSA) is 75.6 Å². The Hall–Kier alpha value is -2.04. The number of carbonyl (C=O) groups is 2. The van der Waals surface area contributed by atoms with Crippen molar-refractivity contribution in [3.63, 3.8) is 0 Å². The van der Waals surface area contributed by atoms with E-state index in [0.717, 1.165) is 5.56 Å². The fourth-order valence-electron chi connectivity index (χ4n) is 1.72. The zero-order chi connectivity index (χ0) is 15.1. The van der Waals surface area contributed by atoms with Crippen LogP contribution in [0.5, 0.6) is 5.75 Å². The van der Waals surface area contributed by atoms with Crippen LogP contribution < -0.4 is 10.1 Å². The fourth-order valence-corrected chi connectivity index (χ4v) is 1.72. The van der Waals surface area contributed by atoms with Crippen molar-refractivity contribution in [2.75, 3.05) is 6.54 Å². The summed E-state index contributed by atoms with van der Waals surface area (Å²) in [5.41, 5.74) is 1.05. The quantitative estimate of drug-likeness (QED) is 0.800. The van der Waals surface area contributed by atoms with Crippen LogP contribution >= 0.6 is 0 Å². The fraction of sp³-hybridized carbons (Fsp3) is 0.467. The van der Waals surface area contributed by atoms with Gasteiger partial charge in [0.25, 0.3) is 5.91 Å². The molecule has 0 saturated heterocycles. The van der Waals surface area contributed by atoms with Gasteiger partial charge in [-0.25, -0.2) is 0 Å². The van der Waals surface area contributed by atoms with Crippen molar-refractivity contribution in [3.05, 3.63) is 29.8 Å². The van der Waals surface area contributed by atoms with Crippen molar-refractivity contribution < 1.29 is 19.4 Å². The van der Waals surface area contributed by atoms with E-state index in [0.29, 0.717) is 12.2 Å². The van der Waals surface area contributed by atoms with Gasteiger partial charge in [-0.05, 0) is 38.0 Å². The molecule has 2 N–H and O–H groups in total. The second-order valence-electron chi connectivity index (χ2n) is 4.77. The van der Waals surface area contributed by atoms with Crippen molar-refractivity contribution in [2.24, 2.45) is 5.92 Å². The first-order valence-electron chi connectivity index (χ1n) is 6.67. The van der Waals surface area contributed by atoms with Crippen LogP contribution in [0.4, 0.5) is 0 Å². The van der Waals surface area contributed by atoms with Gasteiger partial charge < -0.3 is 15.2 Å².